The molecule has 0 amide bonds. The van der Waals surface area contributed by atoms with Crippen LogP contribution in [-0.4, -0.2) is 23.2 Å². The second-order valence-electron chi connectivity index (χ2n) is 5.03. The number of carboxylic acids is 1. The number of nitrogens with one attached hydrogen (secondary N) is 1. The van der Waals surface area contributed by atoms with Crippen molar-refractivity contribution in [2.75, 3.05) is 0 Å². The summed E-state index contributed by atoms with van der Waals surface area (Å²) in [6.45, 7) is 0. The number of carboxylic acid groups (broad SMARTS) is 1. The van der Waals surface area contributed by atoms with Gasteiger partial charge in [-0.05, 0) is 38.5 Å². The van der Waals surface area contributed by atoms with E-state index in [0.29, 0.717) is 6.04 Å². The van der Waals surface area contributed by atoms with Crippen molar-refractivity contribution in [1.82, 2.24) is 5.32 Å². The zero-order valence-electron chi connectivity index (χ0n) is 9.24. The molecule has 0 saturated heterocycles. The number of rotatable bonds is 3. The van der Waals surface area contributed by atoms with Crippen molar-refractivity contribution in [3.8, 4) is 0 Å². The lowest BCUT2D eigenvalue weighted by molar-refractivity contribution is -0.142. The van der Waals surface area contributed by atoms with Crippen LogP contribution >= 0.6 is 0 Å². The van der Waals surface area contributed by atoms with Crippen molar-refractivity contribution in [2.24, 2.45) is 5.92 Å². The lowest BCUT2D eigenvalue weighted by atomic mass is 9.86. The van der Waals surface area contributed by atoms with Gasteiger partial charge in [-0.1, -0.05) is 12.8 Å². The van der Waals surface area contributed by atoms with E-state index in [-0.39, 0.29) is 5.92 Å². The summed E-state index contributed by atoms with van der Waals surface area (Å²) < 4.78 is 0. The summed E-state index contributed by atoms with van der Waals surface area (Å²) in [5, 5.41) is 12.6. The van der Waals surface area contributed by atoms with Crippen LogP contribution in [-0.2, 0) is 4.79 Å². The van der Waals surface area contributed by atoms with E-state index in [2.05, 4.69) is 5.32 Å². The zero-order chi connectivity index (χ0) is 10.7. The van der Waals surface area contributed by atoms with Gasteiger partial charge in [-0.3, -0.25) is 4.79 Å². The highest BCUT2D eigenvalue weighted by Gasteiger charge is 2.27. The summed E-state index contributed by atoms with van der Waals surface area (Å²) in [6, 6.07) is 1.31. The fourth-order valence-electron chi connectivity index (χ4n) is 2.93. The first-order chi connectivity index (χ1) is 7.25. The molecule has 3 heteroatoms. The van der Waals surface area contributed by atoms with Crippen LogP contribution in [0.3, 0.4) is 0 Å². The molecule has 0 aromatic heterocycles. The van der Waals surface area contributed by atoms with E-state index in [0.717, 1.165) is 31.7 Å². The Kier molecular flexibility index (Phi) is 3.62. The summed E-state index contributed by atoms with van der Waals surface area (Å²) in [7, 11) is 0. The molecule has 2 N–H and O–H groups in total. The van der Waals surface area contributed by atoms with Crippen LogP contribution in [0.5, 0.6) is 0 Å². The highest BCUT2D eigenvalue weighted by atomic mass is 16.4. The molecule has 3 nitrogen and oxygen atoms in total. The van der Waals surface area contributed by atoms with Gasteiger partial charge in [-0.15, -0.1) is 0 Å². The van der Waals surface area contributed by atoms with Gasteiger partial charge < -0.3 is 10.4 Å². The van der Waals surface area contributed by atoms with Gasteiger partial charge in [0.2, 0.25) is 0 Å². The van der Waals surface area contributed by atoms with Crippen LogP contribution in [0.15, 0.2) is 0 Å². The highest BCUT2D eigenvalue weighted by Crippen LogP contribution is 2.26. The standard InChI is InChI=1S/C12H21NO2/c14-12(15)9-5-7-11(8-6-9)13-10-3-1-2-4-10/h9-11,13H,1-8H2,(H,14,15). The topological polar surface area (TPSA) is 49.3 Å². The minimum absolute atomic E-state index is 0.0772. The lowest BCUT2D eigenvalue weighted by Gasteiger charge is -2.29. The van der Waals surface area contributed by atoms with Crippen LogP contribution in [0.2, 0.25) is 0 Å². The van der Waals surface area contributed by atoms with E-state index in [4.69, 9.17) is 5.11 Å². The van der Waals surface area contributed by atoms with E-state index >= 15 is 0 Å². The van der Waals surface area contributed by atoms with Crippen molar-refractivity contribution < 1.29 is 9.90 Å². The number of hydrogen-bond acceptors (Lipinski definition) is 2. The maximum atomic E-state index is 10.8. The molecule has 2 aliphatic carbocycles. The van der Waals surface area contributed by atoms with E-state index in [1.807, 2.05) is 0 Å². The third kappa shape index (κ3) is 2.94. The molecule has 0 aromatic rings. The third-order valence-corrected chi connectivity index (χ3v) is 3.90. The Morgan fingerprint density at radius 1 is 0.933 bits per heavy atom. The Labute approximate surface area is 91.2 Å². The molecule has 2 saturated carbocycles. The molecule has 86 valence electrons. The van der Waals surface area contributed by atoms with Crippen molar-refractivity contribution in [2.45, 2.75) is 63.5 Å². The average molecular weight is 211 g/mol. The number of carbonyl (C=O) groups is 1. The fourth-order valence-corrected chi connectivity index (χ4v) is 2.93. The van der Waals surface area contributed by atoms with Crippen LogP contribution in [0.1, 0.15) is 51.4 Å². The molecule has 0 heterocycles. The Morgan fingerprint density at radius 3 is 2.00 bits per heavy atom. The normalized spacial score (nSPS) is 33.1. The van der Waals surface area contributed by atoms with Crippen molar-refractivity contribution in [3.63, 3.8) is 0 Å². The maximum absolute atomic E-state index is 10.8. The van der Waals surface area contributed by atoms with Gasteiger partial charge in [0.05, 0.1) is 5.92 Å². The summed E-state index contributed by atoms with van der Waals surface area (Å²) >= 11 is 0. The molecular weight excluding hydrogens is 190 g/mol. The van der Waals surface area contributed by atoms with Crippen molar-refractivity contribution >= 4 is 5.97 Å². The predicted octanol–water partition coefficient (Wildman–Crippen LogP) is 2.16. The largest absolute Gasteiger partial charge is 0.481 e. The first kappa shape index (κ1) is 10.9. The van der Waals surface area contributed by atoms with E-state index in [1.54, 1.807) is 0 Å². The average Bonchev–Trinajstić information content (AvgIpc) is 2.71. The summed E-state index contributed by atoms with van der Waals surface area (Å²) in [5.74, 6) is -0.680. The molecule has 15 heavy (non-hydrogen) atoms. The molecule has 0 atom stereocenters. The molecule has 0 aromatic carbocycles. The van der Waals surface area contributed by atoms with Crippen molar-refractivity contribution in [3.05, 3.63) is 0 Å². The van der Waals surface area contributed by atoms with E-state index in [9.17, 15) is 4.79 Å². The molecule has 2 aliphatic rings. The quantitative estimate of drug-likeness (QED) is 0.752. The Balaban J connectivity index is 1.71. The van der Waals surface area contributed by atoms with Gasteiger partial charge in [0.15, 0.2) is 0 Å². The lowest BCUT2D eigenvalue weighted by Crippen LogP contribution is -2.40. The first-order valence-electron chi connectivity index (χ1n) is 6.24. The van der Waals surface area contributed by atoms with Gasteiger partial charge in [0.25, 0.3) is 0 Å². The van der Waals surface area contributed by atoms with Gasteiger partial charge in [-0.2, -0.15) is 0 Å². The van der Waals surface area contributed by atoms with E-state index in [1.165, 1.54) is 25.7 Å². The Morgan fingerprint density at radius 2 is 1.47 bits per heavy atom. The van der Waals surface area contributed by atoms with Crippen molar-refractivity contribution in [1.29, 1.82) is 0 Å². The zero-order valence-corrected chi connectivity index (χ0v) is 9.24. The summed E-state index contributed by atoms with van der Waals surface area (Å²) in [4.78, 5) is 10.8. The third-order valence-electron chi connectivity index (χ3n) is 3.90. The minimum Gasteiger partial charge on any atom is -0.481 e. The molecular formula is C12H21NO2. The van der Waals surface area contributed by atoms with Gasteiger partial charge in [0.1, 0.15) is 0 Å². The number of aliphatic carboxylic acids is 1. The second-order valence-corrected chi connectivity index (χ2v) is 5.03. The molecule has 0 radical (unpaired) electrons. The molecule has 2 rings (SSSR count). The van der Waals surface area contributed by atoms with Crippen LogP contribution in [0, 0.1) is 5.92 Å². The monoisotopic (exact) mass is 211 g/mol. The maximum Gasteiger partial charge on any atom is 0.306 e. The molecule has 0 spiro atoms. The van der Waals surface area contributed by atoms with E-state index < -0.39 is 5.97 Å². The summed E-state index contributed by atoms with van der Waals surface area (Å²) in [5.41, 5.74) is 0. The smallest absolute Gasteiger partial charge is 0.306 e. The van der Waals surface area contributed by atoms with Gasteiger partial charge in [0, 0.05) is 12.1 Å². The van der Waals surface area contributed by atoms with Gasteiger partial charge >= 0.3 is 5.97 Å². The minimum atomic E-state index is -0.602. The first-order valence-corrected chi connectivity index (χ1v) is 6.24. The fraction of sp³-hybridized carbons (Fsp3) is 0.917. The Bertz CT molecular complexity index is 216. The molecule has 0 aliphatic heterocycles. The Hall–Kier alpha value is -0.570. The molecule has 0 bridgehead atoms. The van der Waals surface area contributed by atoms with Gasteiger partial charge in [-0.25, -0.2) is 0 Å². The van der Waals surface area contributed by atoms with Crippen LogP contribution in [0.4, 0.5) is 0 Å². The summed E-state index contributed by atoms with van der Waals surface area (Å²) in [6.07, 6.45) is 9.18. The predicted molar refractivity (Wildman–Crippen MR) is 58.8 cm³/mol. The second kappa shape index (κ2) is 4.97. The molecule has 0 unspecified atom stereocenters. The molecule has 2 fully saturated rings. The number of hydrogen-bond donors (Lipinski definition) is 2. The van der Waals surface area contributed by atoms with Crippen LogP contribution < -0.4 is 5.32 Å². The SMILES string of the molecule is O=C(O)C1CCC(NC2CCCC2)CC1. The van der Waals surface area contributed by atoms with Crippen LogP contribution in [0.25, 0.3) is 0 Å². The highest BCUT2D eigenvalue weighted by molar-refractivity contribution is 5.70.